The second-order valence-corrected chi connectivity index (χ2v) is 6.08. The summed E-state index contributed by atoms with van der Waals surface area (Å²) >= 11 is 0. The number of aromatic nitrogens is 1. The summed E-state index contributed by atoms with van der Waals surface area (Å²) in [5.41, 5.74) is 4.31. The Balaban J connectivity index is 1.92. The third kappa shape index (κ3) is 2.62. The fourth-order valence-electron chi connectivity index (χ4n) is 3.58. The third-order valence-electron chi connectivity index (χ3n) is 4.61. The van der Waals surface area contributed by atoms with Gasteiger partial charge in [-0.25, -0.2) is 0 Å². The number of likely N-dealkylation sites (tertiary alicyclic amines) is 1. The quantitative estimate of drug-likeness (QED) is 0.805. The van der Waals surface area contributed by atoms with E-state index in [4.69, 9.17) is 0 Å². The normalized spacial score (nSPS) is 17.5. The molecule has 1 aromatic carbocycles. The lowest BCUT2D eigenvalue weighted by atomic mass is 10.2. The highest BCUT2D eigenvalue weighted by Crippen LogP contribution is 2.25. The molecule has 108 valence electrons. The van der Waals surface area contributed by atoms with Gasteiger partial charge in [0.05, 0.1) is 5.52 Å². The highest BCUT2D eigenvalue weighted by Gasteiger charge is 2.14. The Labute approximate surface area is 122 Å². The molecule has 0 N–H and O–H groups in total. The highest BCUT2D eigenvalue weighted by atomic mass is 15.1. The van der Waals surface area contributed by atoms with Gasteiger partial charge < -0.3 is 4.57 Å². The van der Waals surface area contributed by atoms with Crippen molar-refractivity contribution in [2.75, 3.05) is 13.1 Å². The van der Waals surface area contributed by atoms with Crippen LogP contribution < -0.4 is 0 Å². The van der Waals surface area contributed by atoms with Gasteiger partial charge in [-0.1, -0.05) is 31.0 Å². The monoisotopic (exact) mass is 270 g/mol. The lowest BCUT2D eigenvalue weighted by molar-refractivity contribution is 0.270. The SMILES string of the molecule is CCn1c(CN2CCCCCC2)cc2cccc(C)c21. The van der Waals surface area contributed by atoms with Gasteiger partial charge in [0.25, 0.3) is 0 Å². The number of fused-ring (bicyclic) bond motifs is 1. The zero-order valence-corrected chi connectivity index (χ0v) is 12.9. The molecule has 1 aliphatic heterocycles. The van der Waals surface area contributed by atoms with E-state index in [9.17, 15) is 0 Å². The second kappa shape index (κ2) is 6.01. The van der Waals surface area contributed by atoms with Crippen LogP contribution >= 0.6 is 0 Å². The van der Waals surface area contributed by atoms with Crippen molar-refractivity contribution in [3.63, 3.8) is 0 Å². The minimum Gasteiger partial charge on any atom is -0.343 e. The zero-order chi connectivity index (χ0) is 13.9. The number of rotatable bonds is 3. The first-order valence-corrected chi connectivity index (χ1v) is 8.09. The number of hydrogen-bond donors (Lipinski definition) is 0. The van der Waals surface area contributed by atoms with Crippen LogP contribution in [-0.4, -0.2) is 22.6 Å². The van der Waals surface area contributed by atoms with Crippen molar-refractivity contribution in [1.29, 1.82) is 0 Å². The molecule has 20 heavy (non-hydrogen) atoms. The lowest BCUT2D eigenvalue weighted by Gasteiger charge is -2.21. The number of aryl methyl sites for hydroxylation is 2. The van der Waals surface area contributed by atoms with Crippen molar-refractivity contribution in [1.82, 2.24) is 9.47 Å². The van der Waals surface area contributed by atoms with Crippen LogP contribution in [0.2, 0.25) is 0 Å². The standard InChI is InChI=1S/C18H26N2/c1-3-20-17(14-19-11-6-4-5-7-12-19)13-16-10-8-9-15(2)18(16)20/h8-10,13H,3-7,11-12,14H2,1-2H3. The maximum atomic E-state index is 2.64. The maximum Gasteiger partial charge on any atom is 0.0512 e. The summed E-state index contributed by atoms with van der Waals surface area (Å²) in [7, 11) is 0. The van der Waals surface area contributed by atoms with Crippen LogP contribution in [0.1, 0.15) is 43.9 Å². The Morgan fingerprint density at radius 3 is 2.50 bits per heavy atom. The number of hydrogen-bond acceptors (Lipinski definition) is 1. The molecule has 0 aliphatic carbocycles. The molecule has 2 heterocycles. The molecule has 2 heteroatoms. The van der Waals surface area contributed by atoms with Crippen molar-refractivity contribution >= 4 is 10.9 Å². The lowest BCUT2D eigenvalue weighted by Crippen LogP contribution is -2.25. The number of nitrogens with zero attached hydrogens (tertiary/aromatic N) is 2. The summed E-state index contributed by atoms with van der Waals surface area (Å²) in [6.45, 7) is 9.20. The van der Waals surface area contributed by atoms with Crippen LogP contribution in [0.5, 0.6) is 0 Å². The van der Waals surface area contributed by atoms with Gasteiger partial charge in [0, 0.05) is 24.2 Å². The van der Waals surface area contributed by atoms with Gasteiger partial charge in [-0.05, 0) is 51.4 Å². The Kier molecular flexibility index (Phi) is 4.11. The van der Waals surface area contributed by atoms with E-state index < -0.39 is 0 Å². The van der Waals surface area contributed by atoms with E-state index in [1.54, 1.807) is 0 Å². The molecule has 1 fully saturated rings. The molecule has 1 aromatic heterocycles. The molecule has 0 atom stereocenters. The summed E-state index contributed by atoms with van der Waals surface area (Å²) in [6, 6.07) is 9.05. The van der Waals surface area contributed by atoms with E-state index >= 15 is 0 Å². The van der Waals surface area contributed by atoms with Gasteiger partial charge in [0.1, 0.15) is 0 Å². The number of para-hydroxylation sites is 1. The Morgan fingerprint density at radius 1 is 1.05 bits per heavy atom. The Bertz CT molecular complexity index is 574. The van der Waals surface area contributed by atoms with Crippen molar-refractivity contribution in [3.05, 3.63) is 35.5 Å². The minimum atomic E-state index is 1.07. The van der Waals surface area contributed by atoms with Crippen LogP contribution in [0.15, 0.2) is 24.3 Å². The van der Waals surface area contributed by atoms with E-state index in [1.165, 1.54) is 60.9 Å². The van der Waals surface area contributed by atoms with E-state index in [-0.39, 0.29) is 0 Å². The fourth-order valence-corrected chi connectivity index (χ4v) is 3.58. The molecule has 0 amide bonds. The smallest absolute Gasteiger partial charge is 0.0512 e. The highest BCUT2D eigenvalue weighted by molar-refractivity contribution is 5.84. The second-order valence-electron chi connectivity index (χ2n) is 6.08. The topological polar surface area (TPSA) is 8.17 Å². The molecule has 2 nitrogen and oxygen atoms in total. The summed E-state index contributed by atoms with van der Waals surface area (Å²) < 4.78 is 2.51. The van der Waals surface area contributed by atoms with Crippen LogP contribution in [0.25, 0.3) is 10.9 Å². The van der Waals surface area contributed by atoms with Gasteiger partial charge in [-0.15, -0.1) is 0 Å². The summed E-state index contributed by atoms with van der Waals surface area (Å²) in [5, 5.41) is 1.40. The molecule has 3 rings (SSSR count). The largest absolute Gasteiger partial charge is 0.343 e. The molecule has 0 saturated carbocycles. The Hall–Kier alpha value is -1.28. The Morgan fingerprint density at radius 2 is 1.80 bits per heavy atom. The van der Waals surface area contributed by atoms with E-state index in [2.05, 4.69) is 47.6 Å². The number of benzene rings is 1. The van der Waals surface area contributed by atoms with Gasteiger partial charge in [-0.2, -0.15) is 0 Å². The van der Waals surface area contributed by atoms with Crippen LogP contribution in [0, 0.1) is 6.92 Å². The molecule has 1 saturated heterocycles. The van der Waals surface area contributed by atoms with E-state index in [1.807, 2.05) is 0 Å². The molecule has 1 aliphatic rings. The zero-order valence-electron chi connectivity index (χ0n) is 12.9. The summed E-state index contributed by atoms with van der Waals surface area (Å²) in [5.74, 6) is 0. The van der Waals surface area contributed by atoms with Crippen LogP contribution in [-0.2, 0) is 13.1 Å². The van der Waals surface area contributed by atoms with Crippen molar-refractivity contribution in [3.8, 4) is 0 Å². The molecule has 0 spiro atoms. The summed E-state index contributed by atoms with van der Waals surface area (Å²) in [6.07, 6.45) is 5.55. The first kappa shape index (κ1) is 13.7. The van der Waals surface area contributed by atoms with Crippen molar-refractivity contribution < 1.29 is 0 Å². The van der Waals surface area contributed by atoms with E-state index in [0.29, 0.717) is 0 Å². The predicted molar refractivity (Wildman–Crippen MR) is 86.1 cm³/mol. The van der Waals surface area contributed by atoms with Crippen molar-refractivity contribution in [2.45, 2.75) is 52.6 Å². The predicted octanol–water partition coefficient (Wildman–Crippen LogP) is 4.35. The van der Waals surface area contributed by atoms with E-state index in [0.717, 1.165) is 13.1 Å². The van der Waals surface area contributed by atoms with Gasteiger partial charge >= 0.3 is 0 Å². The average molecular weight is 270 g/mol. The van der Waals surface area contributed by atoms with Gasteiger partial charge in [0.15, 0.2) is 0 Å². The first-order valence-electron chi connectivity index (χ1n) is 8.09. The molecule has 2 aromatic rings. The van der Waals surface area contributed by atoms with Crippen molar-refractivity contribution in [2.24, 2.45) is 0 Å². The molecule has 0 radical (unpaired) electrons. The summed E-state index contributed by atoms with van der Waals surface area (Å²) in [4.78, 5) is 2.64. The van der Waals surface area contributed by atoms with Crippen LogP contribution in [0.3, 0.4) is 0 Å². The third-order valence-corrected chi connectivity index (χ3v) is 4.61. The molecule has 0 bridgehead atoms. The molecular formula is C18H26N2. The first-order chi connectivity index (χ1) is 9.79. The maximum absolute atomic E-state index is 2.64. The average Bonchev–Trinajstić information content (AvgIpc) is 2.61. The fraction of sp³-hybridized carbons (Fsp3) is 0.556. The molecule has 0 unspecified atom stereocenters. The molecular weight excluding hydrogens is 244 g/mol. The van der Waals surface area contributed by atoms with Gasteiger partial charge in [0.2, 0.25) is 0 Å². The van der Waals surface area contributed by atoms with Gasteiger partial charge in [-0.3, -0.25) is 4.90 Å². The van der Waals surface area contributed by atoms with Crippen LogP contribution in [0.4, 0.5) is 0 Å². The minimum absolute atomic E-state index is 1.07.